The lowest BCUT2D eigenvalue weighted by molar-refractivity contribution is -0.896. The van der Waals surface area contributed by atoms with Crippen LogP contribution >= 0.6 is 11.6 Å². The lowest BCUT2D eigenvalue weighted by atomic mass is 10.1. The van der Waals surface area contributed by atoms with Gasteiger partial charge in [0.15, 0.2) is 0 Å². The molecule has 0 amide bonds. The summed E-state index contributed by atoms with van der Waals surface area (Å²) in [5, 5.41) is 0.823. The zero-order valence-electron chi connectivity index (χ0n) is 9.02. The molecule has 1 rings (SSSR count). The summed E-state index contributed by atoms with van der Waals surface area (Å²) in [5.41, 5.74) is 1.38. The average Bonchev–Trinajstić information content (AvgIpc) is 2.22. The molecule has 0 fully saturated rings. The summed E-state index contributed by atoms with van der Waals surface area (Å²) >= 11 is 5.82. The van der Waals surface area contributed by atoms with Crippen molar-refractivity contribution in [2.75, 3.05) is 19.6 Å². The first-order valence-corrected chi connectivity index (χ1v) is 5.72. The van der Waals surface area contributed by atoms with E-state index >= 15 is 0 Å². The van der Waals surface area contributed by atoms with Gasteiger partial charge in [-0.2, -0.15) is 0 Å². The second-order valence-electron chi connectivity index (χ2n) is 3.58. The second kappa shape index (κ2) is 6.05. The zero-order chi connectivity index (χ0) is 10.4. The van der Waals surface area contributed by atoms with Crippen molar-refractivity contribution in [3.05, 3.63) is 34.9 Å². The number of hydrogen-bond acceptors (Lipinski definition) is 0. The van der Waals surface area contributed by atoms with Gasteiger partial charge >= 0.3 is 0 Å². The summed E-state index contributed by atoms with van der Waals surface area (Å²) in [6, 6.07) is 8.17. The molecule has 0 aromatic heterocycles. The third kappa shape index (κ3) is 3.69. The lowest BCUT2D eigenvalue weighted by Gasteiger charge is -2.14. The van der Waals surface area contributed by atoms with Crippen molar-refractivity contribution >= 4 is 11.6 Å². The van der Waals surface area contributed by atoms with Crippen LogP contribution in [0.4, 0.5) is 0 Å². The number of quaternary nitrogens is 1. The van der Waals surface area contributed by atoms with Crippen LogP contribution < -0.4 is 4.90 Å². The normalized spacial score (nSPS) is 10.9. The van der Waals surface area contributed by atoms with Crippen molar-refractivity contribution in [1.82, 2.24) is 0 Å². The molecule has 0 radical (unpaired) electrons. The summed E-state index contributed by atoms with van der Waals surface area (Å²) in [5.74, 6) is 0. The molecule has 0 unspecified atom stereocenters. The highest BCUT2D eigenvalue weighted by atomic mass is 35.5. The third-order valence-electron chi connectivity index (χ3n) is 2.68. The van der Waals surface area contributed by atoms with Gasteiger partial charge in [-0.1, -0.05) is 23.7 Å². The van der Waals surface area contributed by atoms with Crippen molar-refractivity contribution < 1.29 is 4.90 Å². The van der Waals surface area contributed by atoms with E-state index in [1.54, 1.807) is 4.90 Å². The smallest absolute Gasteiger partial charge is 0.0811 e. The van der Waals surface area contributed by atoms with Gasteiger partial charge in [-0.25, -0.2) is 0 Å². The molecule has 0 aliphatic carbocycles. The molecule has 1 aromatic carbocycles. The predicted octanol–water partition coefficient (Wildman–Crippen LogP) is 1.81. The first-order chi connectivity index (χ1) is 6.76. The molecule has 0 heterocycles. The van der Waals surface area contributed by atoms with Gasteiger partial charge in [0.2, 0.25) is 0 Å². The lowest BCUT2D eigenvalue weighted by Crippen LogP contribution is -3.11. The summed E-state index contributed by atoms with van der Waals surface area (Å²) in [6.45, 7) is 8.12. The summed E-state index contributed by atoms with van der Waals surface area (Å²) in [7, 11) is 0. The van der Waals surface area contributed by atoms with E-state index in [1.165, 1.54) is 25.2 Å². The molecule has 78 valence electrons. The molecule has 14 heavy (non-hydrogen) atoms. The Hall–Kier alpha value is -0.530. The molecule has 0 aliphatic rings. The number of halogens is 1. The molecule has 0 atom stereocenters. The Morgan fingerprint density at radius 2 is 1.64 bits per heavy atom. The van der Waals surface area contributed by atoms with Gasteiger partial charge in [0.05, 0.1) is 19.6 Å². The topological polar surface area (TPSA) is 4.44 Å². The molecular formula is C12H19ClN+. The van der Waals surface area contributed by atoms with Crippen LogP contribution in [0, 0.1) is 0 Å². The van der Waals surface area contributed by atoms with Crippen LogP contribution in [0.2, 0.25) is 5.02 Å². The van der Waals surface area contributed by atoms with Crippen LogP contribution in [0.5, 0.6) is 0 Å². The number of benzene rings is 1. The molecule has 1 aromatic rings. The monoisotopic (exact) mass is 212 g/mol. The van der Waals surface area contributed by atoms with Gasteiger partial charge in [-0.3, -0.25) is 0 Å². The fraction of sp³-hybridized carbons (Fsp3) is 0.500. The van der Waals surface area contributed by atoms with Crippen molar-refractivity contribution in [3.8, 4) is 0 Å². The maximum atomic E-state index is 5.82. The standard InChI is InChI=1S/C12H18ClN/c1-3-14(4-2)10-9-11-5-7-12(13)8-6-11/h5-8H,3-4,9-10H2,1-2H3/p+1. The first-order valence-electron chi connectivity index (χ1n) is 5.34. The number of hydrogen-bond donors (Lipinski definition) is 1. The molecule has 0 saturated heterocycles. The van der Waals surface area contributed by atoms with E-state index in [2.05, 4.69) is 26.0 Å². The largest absolute Gasteiger partial charge is 0.335 e. The minimum absolute atomic E-state index is 0.823. The Balaban J connectivity index is 2.41. The molecule has 1 N–H and O–H groups in total. The van der Waals surface area contributed by atoms with E-state index in [9.17, 15) is 0 Å². The van der Waals surface area contributed by atoms with E-state index in [4.69, 9.17) is 11.6 Å². The molecule has 0 saturated carbocycles. The fourth-order valence-electron chi connectivity index (χ4n) is 1.58. The predicted molar refractivity (Wildman–Crippen MR) is 62.1 cm³/mol. The van der Waals surface area contributed by atoms with Gasteiger partial charge in [0.1, 0.15) is 0 Å². The number of likely N-dealkylation sites (N-methyl/N-ethyl adjacent to an activating group) is 1. The van der Waals surface area contributed by atoms with Crippen molar-refractivity contribution in [2.45, 2.75) is 20.3 Å². The second-order valence-corrected chi connectivity index (χ2v) is 4.02. The van der Waals surface area contributed by atoms with Crippen LogP contribution in [-0.4, -0.2) is 19.6 Å². The van der Waals surface area contributed by atoms with Crippen LogP contribution in [0.3, 0.4) is 0 Å². The SMILES string of the molecule is CC[NH+](CC)CCc1ccc(Cl)cc1. The van der Waals surface area contributed by atoms with Crippen molar-refractivity contribution in [2.24, 2.45) is 0 Å². The summed E-state index contributed by atoms with van der Waals surface area (Å²) in [6.07, 6.45) is 1.15. The van der Waals surface area contributed by atoms with E-state index < -0.39 is 0 Å². The van der Waals surface area contributed by atoms with Crippen LogP contribution in [0.15, 0.2) is 24.3 Å². The molecule has 1 nitrogen and oxygen atoms in total. The van der Waals surface area contributed by atoms with Crippen LogP contribution in [0.25, 0.3) is 0 Å². The maximum Gasteiger partial charge on any atom is 0.0811 e. The Morgan fingerprint density at radius 3 is 2.14 bits per heavy atom. The maximum absolute atomic E-state index is 5.82. The minimum Gasteiger partial charge on any atom is -0.335 e. The Bertz CT molecular complexity index is 252. The van der Waals surface area contributed by atoms with Crippen LogP contribution in [0.1, 0.15) is 19.4 Å². The number of nitrogens with one attached hydrogen (secondary N) is 1. The highest BCUT2D eigenvalue weighted by molar-refractivity contribution is 6.30. The summed E-state index contributed by atoms with van der Waals surface area (Å²) in [4.78, 5) is 1.65. The van der Waals surface area contributed by atoms with Crippen LogP contribution in [-0.2, 0) is 6.42 Å². The Kier molecular flexibility index (Phi) is 4.99. The molecule has 2 heteroatoms. The van der Waals surface area contributed by atoms with E-state index in [-0.39, 0.29) is 0 Å². The fourth-order valence-corrected chi connectivity index (χ4v) is 1.70. The van der Waals surface area contributed by atoms with Gasteiger partial charge in [0.25, 0.3) is 0 Å². The molecular weight excluding hydrogens is 194 g/mol. The summed E-state index contributed by atoms with van der Waals surface area (Å²) < 4.78 is 0. The minimum atomic E-state index is 0.823. The van der Waals surface area contributed by atoms with Crippen molar-refractivity contribution in [1.29, 1.82) is 0 Å². The highest BCUT2D eigenvalue weighted by Gasteiger charge is 2.02. The molecule has 0 aliphatic heterocycles. The van der Waals surface area contributed by atoms with Gasteiger partial charge in [0, 0.05) is 11.4 Å². The van der Waals surface area contributed by atoms with Gasteiger partial charge in [-0.15, -0.1) is 0 Å². The average molecular weight is 213 g/mol. The quantitative estimate of drug-likeness (QED) is 0.760. The number of rotatable bonds is 5. The first kappa shape index (κ1) is 11.5. The van der Waals surface area contributed by atoms with Crippen molar-refractivity contribution in [3.63, 3.8) is 0 Å². The van der Waals surface area contributed by atoms with Gasteiger partial charge in [-0.05, 0) is 31.5 Å². The van der Waals surface area contributed by atoms with E-state index in [1.807, 2.05) is 12.1 Å². The third-order valence-corrected chi connectivity index (χ3v) is 2.93. The molecule has 0 bridgehead atoms. The Morgan fingerprint density at radius 1 is 1.07 bits per heavy atom. The highest BCUT2D eigenvalue weighted by Crippen LogP contribution is 2.09. The van der Waals surface area contributed by atoms with Gasteiger partial charge < -0.3 is 4.90 Å². The van der Waals surface area contributed by atoms with E-state index in [0.29, 0.717) is 0 Å². The molecule has 0 spiro atoms. The zero-order valence-corrected chi connectivity index (χ0v) is 9.77. The van der Waals surface area contributed by atoms with E-state index in [0.717, 1.165) is 11.4 Å². The Labute approximate surface area is 91.7 Å².